The van der Waals surface area contributed by atoms with Gasteiger partial charge in [0.25, 0.3) is 0 Å². The van der Waals surface area contributed by atoms with Gasteiger partial charge in [-0.3, -0.25) is 0 Å². The smallest absolute Gasteiger partial charge is 0.128 e. The summed E-state index contributed by atoms with van der Waals surface area (Å²) in [6.45, 7) is 13.7. The maximum Gasteiger partial charge on any atom is 0.128 e. The fourth-order valence-electron chi connectivity index (χ4n) is 6.94. The van der Waals surface area contributed by atoms with E-state index in [1.165, 1.54) is 44.2 Å². The fraction of sp³-hybridized carbons (Fsp3) is 0.243. The lowest BCUT2D eigenvalue weighted by molar-refractivity contribution is 0.420. The van der Waals surface area contributed by atoms with Crippen LogP contribution in [0.25, 0.3) is 49.4 Å². The van der Waals surface area contributed by atoms with Crippen molar-refractivity contribution in [1.82, 2.24) is 4.57 Å². The molecule has 0 aliphatic heterocycles. The molecule has 1 aliphatic carbocycles. The lowest BCUT2D eigenvalue weighted by Gasteiger charge is -2.24. The Bertz CT molecular complexity index is 2020. The minimum atomic E-state index is -0.0991. The maximum absolute atomic E-state index is 7.03. The zero-order chi connectivity index (χ0) is 28.1. The van der Waals surface area contributed by atoms with Crippen molar-refractivity contribution in [3.05, 3.63) is 106 Å². The second-order valence-corrected chi connectivity index (χ2v) is 13.2. The minimum Gasteiger partial charge on any atom is -0.496 e. The molecule has 0 bridgehead atoms. The van der Waals surface area contributed by atoms with Crippen LogP contribution in [0.1, 0.15) is 56.9 Å². The van der Waals surface area contributed by atoms with Crippen molar-refractivity contribution in [2.24, 2.45) is 0 Å². The Kier molecular flexibility index (Phi) is 5.29. The molecule has 2 nitrogen and oxygen atoms in total. The number of rotatable bonds is 2. The molecule has 1 heterocycles. The molecular weight excluding hydrogens is 510 g/mol. The van der Waals surface area contributed by atoms with E-state index in [9.17, 15) is 0 Å². The Balaban J connectivity index is 1.60. The van der Waals surface area contributed by atoms with E-state index < -0.39 is 0 Å². The first-order valence-electron chi connectivity index (χ1n) is 14.0. The summed E-state index contributed by atoms with van der Waals surface area (Å²) in [7, 11) is 1.74. The second kappa shape index (κ2) is 8.38. The Hall–Kier alpha value is -3.75. The second-order valence-electron chi connectivity index (χ2n) is 12.8. The Labute approximate surface area is 241 Å². The van der Waals surface area contributed by atoms with Gasteiger partial charge in [0, 0.05) is 16.2 Å². The molecule has 0 N–H and O–H groups in total. The molecule has 5 aromatic carbocycles. The van der Waals surface area contributed by atoms with Crippen molar-refractivity contribution in [2.45, 2.75) is 52.4 Å². The van der Waals surface area contributed by atoms with Crippen LogP contribution >= 0.6 is 11.6 Å². The molecule has 0 fully saturated rings. The fourth-order valence-corrected chi connectivity index (χ4v) is 7.19. The average Bonchev–Trinajstić information content (AvgIpc) is 3.38. The van der Waals surface area contributed by atoms with Gasteiger partial charge in [-0.25, -0.2) is 0 Å². The van der Waals surface area contributed by atoms with Crippen molar-refractivity contribution in [1.29, 1.82) is 0 Å². The Morgan fingerprint density at radius 2 is 1.57 bits per heavy atom. The van der Waals surface area contributed by atoms with E-state index in [2.05, 4.69) is 113 Å². The molecule has 6 aromatic rings. The lowest BCUT2D eigenvalue weighted by atomic mass is 9.80. The van der Waals surface area contributed by atoms with Crippen LogP contribution in [0.5, 0.6) is 5.75 Å². The van der Waals surface area contributed by atoms with Crippen LogP contribution in [0.4, 0.5) is 0 Å². The van der Waals surface area contributed by atoms with E-state index in [4.69, 9.17) is 16.3 Å². The summed E-state index contributed by atoms with van der Waals surface area (Å²) in [5.74, 6) is 0.835. The summed E-state index contributed by atoms with van der Waals surface area (Å²) in [6, 6.07) is 28.9. The summed E-state index contributed by atoms with van der Waals surface area (Å²) in [5, 5.41) is 5.43. The van der Waals surface area contributed by atoms with Gasteiger partial charge in [-0.05, 0) is 75.9 Å². The number of hydrogen-bond donors (Lipinski definition) is 0. The van der Waals surface area contributed by atoms with E-state index in [-0.39, 0.29) is 10.8 Å². The van der Waals surface area contributed by atoms with Crippen molar-refractivity contribution >= 4 is 44.2 Å². The van der Waals surface area contributed by atoms with Crippen LogP contribution in [0.2, 0.25) is 5.02 Å². The molecule has 40 heavy (non-hydrogen) atoms. The standard InChI is InChI=1S/C37H34ClNO/c1-21-11-13-23-26-15-14-24-25(34(26)37(5,6)28(23)19-21)9-8-10-30(24)39-31-17-12-22(36(2,3)4)20-27(31)33-32(40-7)18-16-29(38)35(33)39/h8-20H,1-7H3. The molecule has 0 spiro atoms. The highest BCUT2D eigenvalue weighted by Crippen LogP contribution is 2.52. The van der Waals surface area contributed by atoms with E-state index in [1.807, 2.05) is 12.1 Å². The van der Waals surface area contributed by atoms with Gasteiger partial charge in [0.1, 0.15) is 5.75 Å². The zero-order valence-corrected chi connectivity index (χ0v) is 25.0. The molecule has 7 rings (SSSR count). The lowest BCUT2D eigenvalue weighted by Crippen LogP contribution is -2.15. The monoisotopic (exact) mass is 543 g/mol. The van der Waals surface area contributed by atoms with Crippen LogP contribution in [0.3, 0.4) is 0 Å². The number of aromatic nitrogens is 1. The van der Waals surface area contributed by atoms with Gasteiger partial charge < -0.3 is 9.30 Å². The van der Waals surface area contributed by atoms with E-state index in [0.717, 1.165) is 33.2 Å². The van der Waals surface area contributed by atoms with Crippen LogP contribution in [-0.2, 0) is 10.8 Å². The number of ether oxygens (including phenoxy) is 1. The molecule has 0 radical (unpaired) electrons. The third kappa shape index (κ3) is 3.35. The molecular formula is C37H34ClNO. The summed E-state index contributed by atoms with van der Waals surface area (Å²) in [6.07, 6.45) is 0. The molecule has 1 aromatic heterocycles. The molecule has 0 unspecified atom stereocenters. The molecule has 0 saturated heterocycles. The first kappa shape index (κ1) is 25.2. The minimum absolute atomic E-state index is 0.0212. The van der Waals surface area contributed by atoms with Gasteiger partial charge >= 0.3 is 0 Å². The predicted octanol–water partition coefficient (Wildman–Crippen LogP) is 10.5. The maximum atomic E-state index is 7.03. The average molecular weight is 544 g/mol. The quantitative estimate of drug-likeness (QED) is 0.212. The molecule has 0 amide bonds. The molecule has 3 heteroatoms. The van der Waals surface area contributed by atoms with Crippen LogP contribution in [0, 0.1) is 6.92 Å². The topological polar surface area (TPSA) is 14.2 Å². The van der Waals surface area contributed by atoms with Crippen LogP contribution in [-0.4, -0.2) is 11.7 Å². The predicted molar refractivity (Wildman–Crippen MR) is 171 cm³/mol. The Morgan fingerprint density at radius 1 is 0.800 bits per heavy atom. The number of halogens is 1. The molecule has 200 valence electrons. The highest BCUT2D eigenvalue weighted by Gasteiger charge is 2.37. The van der Waals surface area contributed by atoms with E-state index in [1.54, 1.807) is 7.11 Å². The normalized spacial score (nSPS) is 14.2. The number of nitrogens with zero attached hydrogens (tertiary/aromatic N) is 1. The van der Waals surface area contributed by atoms with Crippen molar-refractivity contribution in [3.63, 3.8) is 0 Å². The van der Waals surface area contributed by atoms with Gasteiger partial charge in [-0.2, -0.15) is 0 Å². The van der Waals surface area contributed by atoms with E-state index >= 15 is 0 Å². The highest BCUT2D eigenvalue weighted by molar-refractivity contribution is 6.37. The molecule has 1 aliphatic rings. The van der Waals surface area contributed by atoms with Gasteiger partial charge in [-0.1, -0.05) is 100 Å². The number of aryl methyl sites for hydroxylation is 1. The van der Waals surface area contributed by atoms with Gasteiger partial charge in [0.15, 0.2) is 0 Å². The number of benzene rings is 5. The van der Waals surface area contributed by atoms with E-state index in [0.29, 0.717) is 5.02 Å². The van der Waals surface area contributed by atoms with Gasteiger partial charge in [0.05, 0.1) is 34.2 Å². The summed E-state index contributed by atoms with van der Waals surface area (Å²) >= 11 is 7.03. The van der Waals surface area contributed by atoms with Crippen molar-refractivity contribution in [2.75, 3.05) is 7.11 Å². The first-order chi connectivity index (χ1) is 19.0. The third-order valence-corrected chi connectivity index (χ3v) is 9.25. The van der Waals surface area contributed by atoms with Crippen LogP contribution in [0.15, 0.2) is 78.9 Å². The summed E-state index contributed by atoms with van der Waals surface area (Å²) in [4.78, 5) is 0. The van der Waals surface area contributed by atoms with Crippen LogP contribution < -0.4 is 4.74 Å². The largest absolute Gasteiger partial charge is 0.496 e. The number of hydrogen-bond acceptors (Lipinski definition) is 1. The number of fused-ring (bicyclic) bond motifs is 8. The molecule has 0 saturated carbocycles. The van der Waals surface area contributed by atoms with Gasteiger partial charge in [-0.15, -0.1) is 0 Å². The number of methoxy groups -OCH3 is 1. The first-order valence-corrected chi connectivity index (χ1v) is 14.4. The van der Waals surface area contributed by atoms with Crippen molar-refractivity contribution < 1.29 is 4.74 Å². The summed E-state index contributed by atoms with van der Waals surface area (Å²) in [5.41, 5.74) is 11.2. The van der Waals surface area contributed by atoms with Crippen molar-refractivity contribution in [3.8, 4) is 22.6 Å². The third-order valence-electron chi connectivity index (χ3n) is 8.95. The molecule has 0 atom stereocenters. The summed E-state index contributed by atoms with van der Waals surface area (Å²) < 4.78 is 8.26. The Morgan fingerprint density at radius 3 is 2.33 bits per heavy atom. The highest BCUT2D eigenvalue weighted by atomic mass is 35.5. The SMILES string of the molecule is COc1ccc(Cl)c2c1c1cc(C(C)(C)C)ccc1n2-c1cccc2c3c(ccc12)-c1ccc(C)cc1C3(C)C. The zero-order valence-electron chi connectivity index (χ0n) is 24.2. The van der Waals surface area contributed by atoms with Gasteiger partial charge in [0.2, 0.25) is 0 Å².